The first-order valence-electron chi connectivity index (χ1n) is 13.3. The molecular weight excluding hydrogens is 490 g/mol. The minimum Gasteiger partial charge on any atom is -0.472 e. The van der Waals surface area contributed by atoms with Crippen molar-refractivity contribution in [2.24, 2.45) is 5.92 Å². The van der Waals surface area contributed by atoms with Gasteiger partial charge in [0.15, 0.2) is 0 Å². The van der Waals surface area contributed by atoms with Gasteiger partial charge in [-0.15, -0.1) is 0 Å². The second-order valence-electron chi connectivity index (χ2n) is 10.2. The van der Waals surface area contributed by atoms with Crippen molar-refractivity contribution in [2.45, 2.75) is 38.5 Å². The highest BCUT2D eigenvalue weighted by Gasteiger charge is 2.18. The average molecular weight is 518 g/mol. The maximum Gasteiger partial charge on any atom is 0.224 e. The highest BCUT2D eigenvalue weighted by molar-refractivity contribution is 5.99. The van der Waals surface area contributed by atoms with Crippen molar-refractivity contribution >= 4 is 33.7 Å². The molecule has 1 aliphatic carbocycles. The summed E-state index contributed by atoms with van der Waals surface area (Å²) in [7, 11) is 0. The van der Waals surface area contributed by atoms with E-state index in [0.29, 0.717) is 23.7 Å². The molecule has 39 heavy (non-hydrogen) atoms. The number of hydrogen-bond donors (Lipinski definition) is 3. The summed E-state index contributed by atoms with van der Waals surface area (Å²) in [6, 6.07) is 11.7. The Balaban J connectivity index is 1.19. The molecule has 0 unspecified atom stereocenters. The van der Waals surface area contributed by atoms with E-state index >= 15 is 0 Å². The fourth-order valence-electron chi connectivity index (χ4n) is 5.59. The summed E-state index contributed by atoms with van der Waals surface area (Å²) in [5.74, 6) is 0.526. The summed E-state index contributed by atoms with van der Waals surface area (Å²) in [5.41, 5.74) is 8.08. The van der Waals surface area contributed by atoms with Gasteiger partial charge < -0.3 is 14.7 Å². The van der Waals surface area contributed by atoms with Crippen molar-refractivity contribution in [3.63, 3.8) is 0 Å². The molecule has 0 aromatic carbocycles. The van der Waals surface area contributed by atoms with Gasteiger partial charge in [-0.3, -0.25) is 14.9 Å². The molecule has 6 heterocycles. The number of amides is 1. The maximum absolute atomic E-state index is 12.7. The van der Waals surface area contributed by atoms with E-state index in [1.165, 1.54) is 19.3 Å². The minimum absolute atomic E-state index is 0.0450. The lowest BCUT2D eigenvalue weighted by Gasteiger charge is -2.20. The molecule has 1 aliphatic rings. The van der Waals surface area contributed by atoms with Crippen molar-refractivity contribution in [1.82, 2.24) is 30.1 Å². The molecule has 9 heteroatoms. The Labute approximate surface area is 224 Å². The number of pyridine rings is 3. The molecular formula is C30H27N7O2. The number of hydrogen-bond acceptors (Lipinski definition) is 6. The topological polar surface area (TPSA) is 125 Å². The third kappa shape index (κ3) is 4.56. The van der Waals surface area contributed by atoms with Crippen molar-refractivity contribution in [2.75, 3.05) is 5.32 Å². The molecule has 7 rings (SSSR count). The molecule has 0 atom stereocenters. The number of aromatic nitrogens is 6. The molecule has 0 bridgehead atoms. The number of fused-ring (bicyclic) bond motifs is 2. The quantitative estimate of drug-likeness (QED) is 0.225. The van der Waals surface area contributed by atoms with Crippen molar-refractivity contribution in [3.05, 3.63) is 67.5 Å². The maximum atomic E-state index is 12.7. The first-order chi connectivity index (χ1) is 19.2. The fraction of sp³-hybridized carbons (Fsp3) is 0.233. The molecule has 0 radical (unpaired) electrons. The number of rotatable bonds is 6. The number of aromatic amines is 2. The van der Waals surface area contributed by atoms with Gasteiger partial charge in [0.1, 0.15) is 16.9 Å². The Morgan fingerprint density at radius 2 is 1.97 bits per heavy atom. The van der Waals surface area contributed by atoms with Crippen LogP contribution in [0.5, 0.6) is 0 Å². The number of furan rings is 1. The van der Waals surface area contributed by atoms with E-state index in [9.17, 15) is 4.79 Å². The lowest BCUT2D eigenvalue weighted by molar-refractivity contribution is -0.117. The summed E-state index contributed by atoms with van der Waals surface area (Å²) < 4.78 is 5.29. The third-order valence-corrected chi connectivity index (χ3v) is 7.54. The van der Waals surface area contributed by atoms with Crippen LogP contribution in [-0.2, 0) is 4.79 Å². The smallest absolute Gasteiger partial charge is 0.224 e. The third-order valence-electron chi connectivity index (χ3n) is 7.54. The van der Waals surface area contributed by atoms with E-state index in [1.54, 1.807) is 31.1 Å². The average Bonchev–Trinajstić information content (AvgIpc) is 3.73. The van der Waals surface area contributed by atoms with Crippen LogP contribution in [0.1, 0.15) is 38.5 Å². The zero-order valence-electron chi connectivity index (χ0n) is 21.3. The SMILES string of the molecule is O=C(CC1CCCCC1)Nc1cncc(-c2ccc3[nH]nc(-c4cc5c(-c6ccoc6)ccnc5[nH]4)c3n2)c1. The summed E-state index contributed by atoms with van der Waals surface area (Å²) in [5, 5.41) is 11.7. The van der Waals surface area contributed by atoms with Crippen LogP contribution in [0, 0.1) is 5.92 Å². The molecule has 6 aromatic heterocycles. The Kier molecular flexibility index (Phi) is 5.88. The van der Waals surface area contributed by atoms with E-state index in [1.807, 2.05) is 36.4 Å². The largest absolute Gasteiger partial charge is 0.472 e. The van der Waals surface area contributed by atoms with Gasteiger partial charge in [0, 0.05) is 35.3 Å². The van der Waals surface area contributed by atoms with E-state index in [2.05, 4.69) is 30.5 Å². The normalized spacial score (nSPS) is 14.3. The second-order valence-corrected chi connectivity index (χ2v) is 10.2. The van der Waals surface area contributed by atoms with Gasteiger partial charge >= 0.3 is 0 Å². The summed E-state index contributed by atoms with van der Waals surface area (Å²) in [6.45, 7) is 0. The van der Waals surface area contributed by atoms with Gasteiger partial charge in [0.25, 0.3) is 0 Å². The summed E-state index contributed by atoms with van der Waals surface area (Å²) in [6.07, 6.45) is 15.2. The van der Waals surface area contributed by atoms with Crippen LogP contribution in [0.2, 0.25) is 0 Å². The lowest BCUT2D eigenvalue weighted by atomic mass is 9.87. The van der Waals surface area contributed by atoms with Crippen LogP contribution < -0.4 is 5.32 Å². The van der Waals surface area contributed by atoms with Crippen LogP contribution in [-0.4, -0.2) is 36.0 Å². The van der Waals surface area contributed by atoms with Crippen molar-refractivity contribution in [1.29, 1.82) is 0 Å². The molecule has 6 aromatic rings. The van der Waals surface area contributed by atoms with Crippen LogP contribution in [0.4, 0.5) is 5.69 Å². The Morgan fingerprint density at radius 1 is 1.05 bits per heavy atom. The van der Waals surface area contributed by atoms with Gasteiger partial charge in [-0.25, -0.2) is 9.97 Å². The molecule has 0 spiro atoms. The van der Waals surface area contributed by atoms with Gasteiger partial charge in [0.05, 0.1) is 41.3 Å². The summed E-state index contributed by atoms with van der Waals surface area (Å²) >= 11 is 0. The van der Waals surface area contributed by atoms with Gasteiger partial charge in [0.2, 0.25) is 5.91 Å². The minimum atomic E-state index is 0.0450. The molecule has 1 fully saturated rings. The molecule has 194 valence electrons. The number of carbonyl (C=O) groups is 1. The highest BCUT2D eigenvalue weighted by Crippen LogP contribution is 2.34. The van der Waals surface area contributed by atoms with Crippen molar-refractivity contribution < 1.29 is 9.21 Å². The van der Waals surface area contributed by atoms with Crippen LogP contribution >= 0.6 is 0 Å². The Morgan fingerprint density at radius 3 is 2.85 bits per heavy atom. The van der Waals surface area contributed by atoms with E-state index in [4.69, 9.17) is 9.40 Å². The van der Waals surface area contributed by atoms with Crippen LogP contribution in [0.3, 0.4) is 0 Å². The number of H-pyrrole nitrogens is 2. The molecule has 1 amide bonds. The Hall–Kier alpha value is -4.79. The standard InChI is InChI=1S/C30H27N7O2/c38-27(12-18-4-2-1-3-5-18)33-21-13-20(15-31-16-21)24-6-7-25-28(34-24)29(37-36-25)26-14-23-22(19-9-11-39-17-19)8-10-32-30(23)35-26/h6-11,13-18H,1-5,12H2,(H,32,35)(H,33,38)(H,36,37). The first-order valence-corrected chi connectivity index (χ1v) is 13.3. The molecule has 0 aliphatic heterocycles. The van der Waals surface area contributed by atoms with Gasteiger partial charge in [-0.1, -0.05) is 19.3 Å². The predicted molar refractivity (Wildman–Crippen MR) is 150 cm³/mol. The second kappa shape index (κ2) is 9.83. The number of nitrogens with one attached hydrogen (secondary N) is 3. The predicted octanol–water partition coefficient (Wildman–Crippen LogP) is 6.73. The van der Waals surface area contributed by atoms with Crippen LogP contribution in [0.25, 0.3) is 55.8 Å². The number of anilines is 1. The zero-order chi connectivity index (χ0) is 26.2. The number of nitrogens with zero attached hydrogens (tertiary/aromatic N) is 4. The van der Waals surface area contributed by atoms with Crippen molar-refractivity contribution in [3.8, 4) is 33.8 Å². The first kappa shape index (κ1) is 23.3. The Bertz CT molecular complexity index is 1780. The fourth-order valence-corrected chi connectivity index (χ4v) is 5.59. The number of carbonyl (C=O) groups excluding carboxylic acids is 1. The van der Waals surface area contributed by atoms with E-state index in [0.717, 1.165) is 63.0 Å². The molecule has 1 saturated carbocycles. The monoisotopic (exact) mass is 517 g/mol. The van der Waals surface area contributed by atoms with Gasteiger partial charge in [-0.05, 0) is 60.7 Å². The van der Waals surface area contributed by atoms with Crippen LogP contribution in [0.15, 0.2) is 71.9 Å². The zero-order valence-corrected chi connectivity index (χ0v) is 21.3. The van der Waals surface area contributed by atoms with E-state index in [-0.39, 0.29) is 5.91 Å². The van der Waals surface area contributed by atoms with Gasteiger partial charge in [-0.2, -0.15) is 5.10 Å². The van der Waals surface area contributed by atoms with E-state index < -0.39 is 0 Å². The molecule has 9 nitrogen and oxygen atoms in total. The lowest BCUT2D eigenvalue weighted by Crippen LogP contribution is -2.18. The summed E-state index contributed by atoms with van der Waals surface area (Å²) in [4.78, 5) is 29.9. The highest BCUT2D eigenvalue weighted by atomic mass is 16.3. The molecule has 0 saturated heterocycles. The molecule has 3 N–H and O–H groups in total.